The van der Waals surface area contributed by atoms with Crippen molar-refractivity contribution in [2.45, 2.75) is 33.4 Å². The van der Waals surface area contributed by atoms with Crippen LogP contribution >= 0.6 is 0 Å². The molecule has 1 N–H and O–H groups in total. The Balaban J connectivity index is 1.77. The van der Waals surface area contributed by atoms with E-state index in [4.69, 9.17) is 4.74 Å². The number of carbonyl (C=O) groups excluding carboxylic acids is 1. The molecule has 0 aliphatic carbocycles. The third kappa shape index (κ3) is 3.19. The Morgan fingerprint density at radius 2 is 2.08 bits per heavy atom. The number of aromatic amines is 1. The molecular weight excluding hydrogens is 308 g/mol. The number of fused-ring (bicyclic) bond motifs is 1. The number of hydrogen-bond acceptors (Lipinski definition) is 5. The predicted molar refractivity (Wildman–Crippen MR) is 88.6 cm³/mol. The lowest BCUT2D eigenvalue weighted by Gasteiger charge is -2.13. The maximum absolute atomic E-state index is 12.1. The largest absolute Gasteiger partial charge is 0.453 e. The van der Waals surface area contributed by atoms with Crippen LogP contribution in [0.15, 0.2) is 35.1 Å². The maximum Gasteiger partial charge on any atom is 0.328 e. The molecule has 0 aliphatic heterocycles. The standard InChI is InChI=1S/C17H18N4O3/c1-10-8-11(2)21(20-10)9-15(22)24-12(3)16-18-14-7-5-4-6-13(14)17(23)19-16/h4-8,12H,9H2,1-3H3,(H,18,19,23)/t12-/m0/s1. The van der Waals surface area contributed by atoms with Crippen molar-refractivity contribution in [2.75, 3.05) is 0 Å². The Kier molecular flexibility index (Phi) is 4.16. The minimum Gasteiger partial charge on any atom is -0.453 e. The molecule has 7 nitrogen and oxygen atoms in total. The van der Waals surface area contributed by atoms with Crippen LogP contribution < -0.4 is 5.56 Å². The summed E-state index contributed by atoms with van der Waals surface area (Å²) in [4.78, 5) is 31.2. The van der Waals surface area contributed by atoms with Gasteiger partial charge in [0.25, 0.3) is 5.56 Å². The highest BCUT2D eigenvalue weighted by atomic mass is 16.5. The number of aryl methyl sites for hydroxylation is 2. The summed E-state index contributed by atoms with van der Waals surface area (Å²) in [6.07, 6.45) is -0.660. The zero-order valence-electron chi connectivity index (χ0n) is 13.7. The van der Waals surface area contributed by atoms with Crippen LogP contribution in [0, 0.1) is 13.8 Å². The molecule has 0 bridgehead atoms. The fraction of sp³-hybridized carbons (Fsp3) is 0.294. The van der Waals surface area contributed by atoms with E-state index in [1.54, 1.807) is 35.9 Å². The summed E-state index contributed by atoms with van der Waals surface area (Å²) in [5.74, 6) is -0.120. The van der Waals surface area contributed by atoms with Crippen molar-refractivity contribution in [3.63, 3.8) is 0 Å². The average molecular weight is 326 g/mol. The van der Waals surface area contributed by atoms with Gasteiger partial charge in [-0.15, -0.1) is 0 Å². The number of esters is 1. The van der Waals surface area contributed by atoms with Crippen molar-refractivity contribution in [1.82, 2.24) is 19.7 Å². The molecule has 0 spiro atoms. The summed E-state index contributed by atoms with van der Waals surface area (Å²) in [5, 5.41) is 4.73. The molecule has 24 heavy (non-hydrogen) atoms. The summed E-state index contributed by atoms with van der Waals surface area (Å²) in [7, 11) is 0. The second-order valence-electron chi connectivity index (χ2n) is 5.69. The third-order valence-corrected chi connectivity index (χ3v) is 3.71. The lowest BCUT2D eigenvalue weighted by Crippen LogP contribution is -2.20. The van der Waals surface area contributed by atoms with E-state index in [0.717, 1.165) is 11.4 Å². The highest BCUT2D eigenvalue weighted by Gasteiger charge is 2.16. The summed E-state index contributed by atoms with van der Waals surface area (Å²) in [5.41, 5.74) is 2.04. The number of rotatable bonds is 4. The molecule has 3 aromatic rings. The van der Waals surface area contributed by atoms with Crippen LogP contribution in [0.25, 0.3) is 10.9 Å². The molecule has 1 aromatic carbocycles. The topological polar surface area (TPSA) is 89.9 Å². The minimum atomic E-state index is -0.660. The van der Waals surface area contributed by atoms with Crippen molar-refractivity contribution in [3.8, 4) is 0 Å². The quantitative estimate of drug-likeness (QED) is 0.741. The number of ether oxygens (including phenoxy) is 1. The molecule has 0 aliphatic rings. The predicted octanol–water partition coefficient (Wildman–Crippen LogP) is 2.04. The molecule has 0 fully saturated rings. The van der Waals surface area contributed by atoms with Gasteiger partial charge in [0.15, 0.2) is 11.9 Å². The molecule has 7 heteroatoms. The number of H-pyrrole nitrogens is 1. The first kappa shape index (κ1) is 15.9. The molecule has 1 atom stereocenters. The molecule has 0 saturated carbocycles. The number of aromatic nitrogens is 4. The summed E-state index contributed by atoms with van der Waals surface area (Å²) in [6.45, 7) is 5.42. The summed E-state index contributed by atoms with van der Waals surface area (Å²) < 4.78 is 6.96. The van der Waals surface area contributed by atoms with E-state index in [0.29, 0.717) is 16.7 Å². The molecule has 3 rings (SSSR count). The number of carbonyl (C=O) groups is 1. The van der Waals surface area contributed by atoms with Gasteiger partial charge in [0.1, 0.15) is 6.54 Å². The van der Waals surface area contributed by atoms with Gasteiger partial charge in [-0.2, -0.15) is 5.10 Å². The van der Waals surface area contributed by atoms with Crippen LogP contribution in [0.2, 0.25) is 0 Å². The van der Waals surface area contributed by atoms with E-state index in [1.165, 1.54) is 0 Å². The van der Waals surface area contributed by atoms with E-state index >= 15 is 0 Å². The normalized spacial score (nSPS) is 12.3. The highest BCUT2D eigenvalue weighted by Crippen LogP contribution is 2.15. The molecule has 124 valence electrons. The SMILES string of the molecule is Cc1cc(C)n(CC(=O)O[C@@H](C)c2nc3ccccc3c(=O)[nH]2)n1. The second-order valence-corrected chi connectivity index (χ2v) is 5.69. The van der Waals surface area contributed by atoms with Gasteiger partial charge in [-0.05, 0) is 39.0 Å². The van der Waals surface area contributed by atoms with Gasteiger partial charge in [-0.1, -0.05) is 12.1 Å². The summed E-state index contributed by atoms with van der Waals surface area (Å²) >= 11 is 0. The molecule has 0 radical (unpaired) electrons. The first-order valence-electron chi connectivity index (χ1n) is 7.63. The smallest absolute Gasteiger partial charge is 0.328 e. The van der Waals surface area contributed by atoms with Gasteiger partial charge >= 0.3 is 5.97 Å². The van der Waals surface area contributed by atoms with Crippen molar-refractivity contribution in [3.05, 3.63) is 57.9 Å². The Hall–Kier alpha value is -2.96. The molecular formula is C17H18N4O3. The van der Waals surface area contributed by atoms with Crippen LogP contribution in [-0.2, 0) is 16.1 Å². The van der Waals surface area contributed by atoms with Crippen LogP contribution in [0.1, 0.15) is 30.2 Å². The maximum atomic E-state index is 12.1. The molecule has 0 saturated heterocycles. The number of para-hydroxylation sites is 1. The van der Waals surface area contributed by atoms with E-state index in [1.807, 2.05) is 19.9 Å². The lowest BCUT2D eigenvalue weighted by atomic mass is 10.2. The molecule has 2 aromatic heterocycles. The van der Waals surface area contributed by atoms with E-state index in [2.05, 4.69) is 15.1 Å². The van der Waals surface area contributed by atoms with Gasteiger partial charge < -0.3 is 9.72 Å². The fourth-order valence-electron chi connectivity index (χ4n) is 2.54. The van der Waals surface area contributed by atoms with Crippen molar-refractivity contribution in [1.29, 1.82) is 0 Å². The number of hydrogen-bond donors (Lipinski definition) is 1. The molecule has 0 amide bonds. The zero-order valence-corrected chi connectivity index (χ0v) is 13.7. The van der Waals surface area contributed by atoms with Crippen molar-refractivity contribution in [2.24, 2.45) is 0 Å². The Bertz CT molecular complexity index is 958. The minimum absolute atomic E-state index is 0.0157. The number of nitrogens with zero attached hydrogens (tertiary/aromatic N) is 3. The van der Waals surface area contributed by atoms with E-state index in [-0.39, 0.29) is 12.1 Å². The monoisotopic (exact) mass is 326 g/mol. The van der Waals surface area contributed by atoms with Gasteiger partial charge in [-0.3, -0.25) is 14.3 Å². The Morgan fingerprint density at radius 3 is 2.79 bits per heavy atom. The molecule has 0 unspecified atom stereocenters. The fourth-order valence-corrected chi connectivity index (χ4v) is 2.54. The summed E-state index contributed by atoms with van der Waals surface area (Å²) in [6, 6.07) is 8.91. The van der Waals surface area contributed by atoms with Crippen molar-refractivity contribution >= 4 is 16.9 Å². The average Bonchev–Trinajstić information content (AvgIpc) is 2.84. The highest BCUT2D eigenvalue weighted by molar-refractivity contribution is 5.77. The first-order valence-corrected chi connectivity index (χ1v) is 7.63. The van der Waals surface area contributed by atoms with Crippen LogP contribution in [0.5, 0.6) is 0 Å². The first-order chi connectivity index (χ1) is 11.4. The van der Waals surface area contributed by atoms with Gasteiger partial charge in [0, 0.05) is 5.69 Å². The molecule has 2 heterocycles. The lowest BCUT2D eigenvalue weighted by molar-refractivity contribution is -0.150. The van der Waals surface area contributed by atoms with E-state index < -0.39 is 12.1 Å². The zero-order chi connectivity index (χ0) is 17.3. The van der Waals surface area contributed by atoms with Gasteiger partial charge in [-0.25, -0.2) is 4.98 Å². The number of benzene rings is 1. The van der Waals surface area contributed by atoms with Crippen molar-refractivity contribution < 1.29 is 9.53 Å². The number of nitrogens with one attached hydrogen (secondary N) is 1. The Morgan fingerprint density at radius 1 is 1.33 bits per heavy atom. The third-order valence-electron chi connectivity index (χ3n) is 3.71. The second kappa shape index (κ2) is 6.27. The van der Waals surface area contributed by atoms with Crippen LogP contribution in [0.3, 0.4) is 0 Å². The van der Waals surface area contributed by atoms with Gasteiger partial charge in [0.05, 0.1) is 16.6 Å². The van der Waals surface area contributed by atoms with Gasteiger partial charge in [0.2, 0.25) is 0 Å². The van der Waals surface area contributed by atoms with Crippen LogP contribution in [0.4, 0.5) is 0 Å². The Labute approximate surface area is 138 Å². The van der Waals surface area contributed by atoms with E-state index in [9.17, 15) is 9.59 Å². The van der Waals surface area contributed by atoms with Crippen LogP contribution in [-0.4, -0.2) is 25.7 Å².